The molecule has 3 rings (SSSR count). The van der Waals surface area contributed by atoms with Crippen molar-refractivity contribution in [1.29, 1.82) is 0 Å². The number of furan rings is 1. The number of hydrogen-bond acceptors (Lipinski definition) is 3. The fourth-order valence-electron chi connectivity index (χ4n) is 2.42. The highest BCUT2D eigenvalue weighted by Gasteiger charge is 2.20. The summed E-state index contributed by atoms with van der Waals surface area (Å²) in [5.74, 6) is -1.21. The van der Waals surface area contributed by atoms with Crippen molar-refractivity contribution in [2.24, 2.45) is 0 Å². The molecule has 0 aliphatic rings. The van der Waals surface area contributed by atoms with E-state index in [1.165, 1.54) is 6.26 Å². The summed E-state index contributed by atoms with van der Waals surface area (Å²) in [6.07, 6.45) is 1.43. The molecule has 1 N–H and O–H groups in total. The average Bonchev–Trinajstić information content (AvgIpc) is 2.95. The molecule has 0 amide bonds. The monoisotopic (exact) mass is 398 g/mol. The van der Waals surface area contributed by atoms with Gasteiger partial charge in [-0.2, -0.15) is 0 Å². The van der Waals surface area contributed by atoms with Crippen molar-refractivity contribution >= 4 is 51.7 Å². The summed E-state index contributed by atoms with van der Waals surface area (Å²) in [5.41, 5.74) is 1.84. The second-order valence-corrected chi connectivity index (χ2v) is 6.81. The van der Waals surface area contributed by atoms with Crippen LogP contribution in [0.15, 0.2) is 41.0 Å². The van der Waals surface area contributed by atoms with Crippen molar-refractivity contribution in [1.82, 2.24) is 0 Å². The minimum absolute atomic E-state index is 0.209. The molecule has 0 fully saturated rings. The standard InChI is InChI=1S/C18H13Cl3O4/c1-9(18(22)23)13-8-25-16-6-17(15(21)5-12(13)16)24-7-10-2-3-11(19)4-14(10)20/h2-6,8-9H,7H2,1H3,(H,22,23). The Morgan fingerprint density at radius 3 is 2.64 bits per heavy atom. The normalized spacial score (nSPS) is 12.3. The Balaban J connectivity index is 1.88. The number of aliphatic carboxylic acids is 1. The van der Waals surface area contributed by atoms with Gasteiger partial charge in [0.25, 0.3) is 0 Å². The number of carbonyl (C=O) groups is 1. The number of benzene rings is 2. The Morgan fingerprint density at radius 2 is 1.96 bits per heavy atom. The molecule has 1 heterocycles. The van der Waals surface area contributed by atoms with Crippen LogP contribution in [0.2, 0.25) is 15.1 Å². The van der Waals surface area contributed by atoms with E-state index in [4.69, 9.17) is 44.0 Å². The van der Waals surface area contributed by atoms with Crippen LogP contribution in [0.4, 0.5) is 0 Å². The lowest BCUT2D eigenvalue weighted by Crippen LogP contribution is -2.06. The first-order valence-electron chi connectivity index (χ1n) is 7.37. The van der Waals surface area contributed by atoms with E-state index in [9.17, 15) is 9.90 Å². The number of carboxylic acids is 1. The SMILES string of the molecule is CC(C(=O)O)c1coc2cc(OCc3ccc(Cl)cc3Cl)c(Cl)cc12. The van der Waals surface area contributed by atoms with Gasteiger partial charge in [0.2, 0.25) is 0 Å². The van der Waals surface area contributed by atoms with Crippen molar-refractivity contribution in [3.63, 3.8) is 0 Å². The number of halogens is 3. The van der Waals surface area contributed by atoms with Gasteiger partial charge in [0.15, 0.2) is 0 Å². The molecule has 1 atom stereocenters. The quantitative estimate of drug-likeness (QED) is 0.558. The van der Waals surface area contributed by atoms with Gasteiger partial charge in [-0.3, -0.25) is 4.79 Å². The second kappa shape index (κ2) is 7.16. The molecule has 4 nitrogen and oxygen atoms in total. The Labute approximate surface area is 158 Å². The molecule has 130 valence electrons. The van der Waals surface area contributed by atoms with Crippen LogP contribution in [0.3, 0.4) is 0 Å². The van der Waals surface area contributed by atoms with Crippen LogP contribution >= 0.6 is 34.8 Å². The summed E-state index contributed by atoms with van der Waals surface area (Å²) < 4.78 is 11.2. The van der Waals surface area contributed by atoms with Gasteiger partial charge in [-0.25, -0.2) is 0 Å². The lowest BCUT2D eigenvalue weighted by Gasteiger charge is -2.10. The molecule has 1 unspecified atom stereocenters. The van der Waals surface area contributed by atoms with Crippen LogP contribution in [-0.4, -0.2) is 11.1 Å². The highest BCUT2D eigenvalue weighted by molar-refractivity contribution is 6.35. The molecule has 0 saturated carbocycles. The molecule has 0 bridgehead atoms. The summed E-state index contributed by atoms with van der Waals surface area (Å²) in [6, 6.07) is 8.42. The van der Waals surface area contributed by atoms with E-state index in [0.29, 0.717) is 37.4 Å². The molecule has 0 aliphatic heterocycles. The fraction of sp³-hybridized carbons (Fsp3) is 0.167. The molecular weight excluding hydrogens is 387 g/mol. The van der Waals surface area contributed by atoms with Crippen molar-refractivity contribution < 1.29 is 19.1 Å². The zero-order chi connectivity index (χ0) is 18.1. The van der Waals surface area contributed by atoms with Gasteiger partial charge in [-0.15, -0.1) is 0 Å². The number of hydrogen-bond donors (Lipinski definition) is 1. The summed E-state index contributed by atoms with van der Waals surface area (Å²) in [5, 5.41) is 11.2. The topological polar surface area (TPSA) is 59.7 Å². The van der Waals surface area contributed by atoms with Gasteiger partial charge in [-0.1, -0.05) is 40.9 Å². The smallest absolute Gasteiger partial charge is 0.310 e. The molecule has 7 heteroatoms. The van der Waals surface area contributed by atoms with Gasteiger partial charge < -0.3 is 14.3 Å². The Bertz CT molecular complexity index is 949. The Kier molecular flexibility index (Phi) is 5.13. The Hall–Kier alpha value is -1.88. The van der Waals surface area contributed by atoms with Gasteiger partial charge in [-0.05, 0) is 25.1 Å². The third-order valence-electron chi connectivity index (χ3n) is 3.89. The zero-order valence-corrected chi connectivity index (χ0v) is 15.3. The maximum atomic E-state index is 11.2. The van der Waals surface area contributed by atoms with Gasteiger partial charge >= 0.3 is 5.97 Å². The third kappa shape index (κ3) is 3.71. The van der Waals surface area contributed by atoms with Crippen LogP contribution in [0.1, 0.15) is 24.0 Å². The molecule has 0 spiro atoms. The summed E-state index contributed by atoms with van der Waals surface area (Å²) >= 11 is 18.3. The van der Waals surface area contributed by atoms with E-state index in [2.05, 4.69) is 0 Å². The molecule has 25 heavy (non-hydrogen) atoms. The maximum absolute atomic E-state index is 11.2. The van der Waals surface area contributed by atoms with Crippen LogP contribution in [-0.2, 0) is 11.4 Å². The van der Waals surface area contributed by atoms with Crippen LogP contribution in [0.25, 0.3) is 11.0 Å². The summed E-state index contributed by atoms with van der Waals surface area (Å²) in [7, 11) is 0. The molecule has 1 aromatic heterocycles. The van der Waals surface area contributed by atoms with Gasteiger partial charge in [0, 0.05) is 32.6 Å². The van der Waals surface area contributed by atoms with E-state index in [1.807, 2.05) is 0 Å². The largest absolute Gasteiger partial charge is 0.487 e. The van der Waals surface area contributed by atoms with E-state index in [0.717, 1.165) is 5.56 Å². The van der Waals surface area contributed by atoms with E-state index in [1.54, 1.807) is 37.3 Å². The number of fused-ring (bicyclic) bond motifs is 1. The predicted octanol–water partition coefficient (Wildman–Crippen LogP) is 6.16. The van der Waals surface area contributed by atoms with E-state index < -0.39 is 11.9 Å². The van der Waals surface area contributed by atoms with Crippen LogP contribution < -0.4 is 4.74 Å². The number of ether oxygens (including phenoxy) is 1. The molecule has 2 aromatic carbocycles. The lowest BCUT2D eigenvalue weighted by molar-refractivity contribution is -0.138. The first-order valence-corrected chi connectivity index (χ1v) is 8.50. The first-order chi connectivity index (χ1) is 11.9. The molecule has 0 saturated heterocycles. The van der Waals surface area contributed by atoms with Crippen molar-refractivity contribution in [2.75, 3.05) is 0 Å². The van der Waals surface area contributed by atoms with E-state index in [-0.39, 0.29) is 6.61 Å². The number of rotatable bonds is 5. The zero-order valence-electron chi connectivity index (χ0n) is 13.1. The minimum Gasteiger partial charge on any atom is -0.487 e. The molecule has 0 radical (unpaired) electrons. The van der Waals surface area contributed by atoms with Crippen LogP contribution in [0, 0.1) is 0 Å². The lowest BCUT2D eigenvalue weighted by atomic mass is 10.0. The van der Waals surface area contributed by atoms with E-state index >= 15 is 0 Å². The highest BCUT2D eigenvalue weighted by Crippen LogP contribution is 2.36. The summed E-state index contributed by atoms with van der Waals surface area (Å²) in [6.45, 7) is 1.80. The van der Waals surface area contributed by atoms with Crippen molar-refractivity contribution in [3.05, 3.63) is 62.8 Å². The molecular formula is C18H13Cl3O4. The predicted molar refractivity (Wildman–Crippen MR) is 98.1 cm³/mol. The number of carboxylic acid groups (broad SMARTS) is 1. The average molecular weight is 400 g/mol. The molecule has 3 aromatic rings. The van der Waals surface area contributed by atoms with Crippen molar-refractivity contribution in [3.8, 4) is 5.75 Å². The van der Waals surface area contributed by atoms with Gasteiger partial charge in [0.05, 0.1) is 17.2 Å². The Morgan fingerprint density at radius 1 is 1.20 bits per heavy atom. The molecule has 0 aliphatic carbocycles. The van der Waals surface area contributed by atoms with Crippen LogP contribution in [0.5, 0.6) is 5.75 Å². The first kappa shape index (κ1) is 17.9. The van der Waals surface area contributed by atoms with Gasteiger partial charge in [0.1, 0.15) is 17.9 Å². The third-order valence-corrected chi connectivity index (χ3v) is 4.78. The maximum Gasteiger partial charge on any atom is 0.310 e. The van der Waals surface area contributed by atoms with Crippen molar-refractivity contribution in [2.45, 2.75) is 19.4 Å². The summed E-state index contributed by atoms with van der Waals surface area (Å²) in [4.78, 5) is 11.2. The highest BCUT2D eigenvalue weighted by atomic mass is 35.5. The fourth-order valence-corrected chi connectivity index (χ4v) is 3.10. The minimum atomic E-state index is -0.934. The second-order valence-electron chi connectivity index (χ2n) is 5.55.